The van der Waals surface area contributed by atoms with Gasteiger partial charge in [0.2, 0.25) is 5.89 Å². The Morgan fingerprint density at radius 1 is 1.29 bits per heavy atom. The maximum absolute atomic E-state index is 5.78. The Labute approximate surface area is 100 Å². The van der Waals surface area contributed by atoms with Gasteiger partial charge in [0.1, 0.15) is 0 Å². The molecule has 1 aromatic rings. The van der Waals surface area contributed by atoms with Crippen LogP contribution >= 0.6 is 0 Å². The number of anilines is 1. The van der Waals surface area contributed by atoms with E-state index in [9.17, 15) is 0 Å². The van der Waals surface area contributed by atoms with Gasteiger partial charge < -0.3 is 19.4 Å². The third-order valence-electron chi connectivity index (χ3n) is 3.30. The van der Waals surface area contributed by atoms with Crippen LogP contribution in [0.1, 0.15) is 25.7 Å². The zero-order valence-electron chi connectivity index (χ0n) is 10.1. The van der Waals surface area contributed by atoms with Crippen molar-refractivity contribution in [3.8, 4) is 0 Å². The minimum absolute atomic E-state index is 0.345. The third-order valence-corrected chi connectivity index (χ3v) is 3.30. The van der Waals surface area contributed by atoms with E-state index in [1.807, 2.05) is 0 Å². The Morgan fingerprint density at radius 2 is 2.06 bits per heavy atom. The second-order valence-electron chi connectivity index (χ2n) is 4.62. The molecule has 1 N–H and O–H groups in total. The summed E-state index contributed by atoms with van der Waals surface area (Å²) in [5, 5.41) is 11.3. The summed E-state index contributed by atoms with van der Waals surface area (Å²) >= 11 is 0. The zero-order chi connectivity index (χ0) is 11.7. The predicted octanol–water partition coefficient (Wildman–Crippen LogP) is 0.547. The second kappa shape index (κ2) is 4.62. The molecule has 17 heavy (non-hydrogen) atoms. The quantitative estimate of drug-likeness (QED) is 0.826. The molecule has 3 rings (SSSR count). The molecule has 0 spiro atoms. The molecular weight excluding hydrogens is 220 g/mol. The average Bonchev–Trinajstić information content (AvgIpc) is 2.94. The highest BCUT2D eigenvalue weighted by atomic mass is 16.5. The molecule has 0 aromatic carbocycles. The van der Waals surface area contributed by atoms with Gasteiger partial charge >= 0.3 is 6.01 Å². The van der Waals surface area contributed by atoms with Crippen LogP contribution in [0.15, 0.2) is 4.42 Å². The Balaban J connectivity index is 1.65. The van der Waals surface area contributed by atoms with Crippen molar-refractivity contribution < 1.29 is 9.15 Å². The average molecular weight is 238 g/mol. The highest BCUT2D eigenvalue weighted by Crippen LogP contribution is 2.28. The largest absolute Gasteiger partial charge is 0.407 e. The first-order valence-corrected chi connectivity index (χ1v) is 6.28. The van der Waals surface area contributed by atoms with Gasteiger partial charge in [-0.3, -0.25) is 0 Å². The lowest BCUT2D eigenvalue weighted by atomic mass is 10.2. The molecule has 2 fully saturated rings. The topological polar surface area (TPSA) is 63.4 Å². The minimum Gasteiger partial charge on any atom is -0.407 e. The van der Waals surface area contributed by atoms with Crippen LogP contribution in [0.25, 0.3) is 0 Å². The first kappa shape index (κ1) is 11.0. The van der Waals surface area contributed by atoms with E-state index in [2.05, 4.69) is 27.3 Å². The Bertz CT molecular complexity index is 369. The number of aromatic nitrogens is 2. The fourth-order valence-electron chi connectivity index (χ4n) is 2.45. The molecule has 0 radical (unpaired) electrons. The lowest BCUT2D eigenvalue weighted by Crippen LogP contribution is -2.42. The van der Waals surface area contributed by atoms with Gasteiger partial charge in [-0.15, -0.1) is 5.10 Å². The van der Waals surface area contributed by atoms with E-state index >= 15 is 0 Å². The van der Waals surface area contributed by atoms with Crippen molar-refractivity contribution in [1.29, 1.82) is 0 Å². The van der Waals surface area contributed by atoms with Crippen molar-refractivity contribution in [3.63, 3.8) is 0 Å². The van der Waals surface area contributed by atoms with E-state index in [1.165, 1.54) is 0 Å². The fourth-order valence-corrected chi connectivity index (χ4v) is 2.45. The molecule has 2 aliphatic heterocycles. The van der Waals surface area contributed by atoms with Crippen LogP contribution in [0, 0.1) is 0 Å². The van der Waals surface area contributed by atoms with Crippen molar-refractivity contribution in [2.45, 2.75) is 38.5 Å². The van der Waals surface area contributed by atoms with Crippen LogP contribution in [-0.4, -0.2) is 42.0 Å². The Morgan fingerprint density at radius 3 is 2.76 bits per heavy atom. The molecule has 2 unspecified atom stereocenters. The molecule has 2 atom stereocenters. The van der Waals surface area contributed by atoms with Gasteiger partial charge in [0, 0.05) is 13.1 Å². The molecule has 0 saturated carbocycles. The number of nitrogens with one attached hydrogen (secondary N) is 1. The maximum Gasteiger partial charge on any atom is 0.318 e. The van der Waals surface area contributed by atoms with Gasteiger partial charge in [0.15, 0.2) is 0 Å². The number of fused-ring (bicyclic) bond motifs is 2. The van der Waals surface area contributed by atoms with Gasteiger partial charge in [-0.05, 0) is 19.4 Å². The Kier molecular flexibility index (Phi) is 2.98. The van der Waals surface area contributed by atoms with Gasteiger partial charge in [0.25, 0.3) is 0 Å². The minimum atomic E-state index is 0.345. The normalized spacial score (nSPS) is 27.7. The highest BCUT2D eigenvalue weighted by molar-refractivity contribution is 5.26. The number of hydrogen-bond donors (Lipinski definition) is 1. The molecule has 6 nitrogen and oxygen atoms in total. The zero-order valence-corrected chi connectivity index (χ0v) is 10.1. The number of morpholine rings is 1. The molecule has 0 amide bonds. The molecule has 2 bridgehead atoms. The molecule has 6 heteroatoms. The summed E-state index contributed by atoms with van der Waals surface area (Å²) < 4.78 is 11.4. The van der Waals surface area contributed by atoms with Crippen LogP contribution in [0.2, 0.25) is 0 Å². The molecule has 94 valence electrons. The van der Waals surface area contributed by atoms with E-state index in [1.54, 1.807) is 0 Å². The summed E-state index contributed by atoms with van der Waals surface area (Å²) in [4.78, 5) is 2.15. The molecular formula is C11H18N4O2. The second-order valence-corrected chi connectivity index (χ2v) is 4.62. The van der Waals surface area contributed by atoms with Gasteiger partial charge in [-0.25, -0.2) is 0 Å². The molecule has 2 saturated heterocycles. The smallest absolute Gasteiger partial charge is 0.318 e. The Hall–Kier alpha value is -1.14. The van der Waals surface area contributed by atoms with Gasteiger partial charge in [-0.2, -0.15) is 0 Å². The highest BCUT2D eigenvalue weighted by Gasteiger charge is 2.35. The van der Waals surface area contributed by atoms with Crippen molar-refractivity contribution >= 4 is 6.01 Å². The number of nitrogens with zero attached hydrogens (tertiary/aromatic N) is 3. The SMILES string of the molecule is CCNCc1nnc(N2CC3CCC(C2)O3)o1. The van der Waals surface area contributed by atoms with E-state index in [-0.39, 0.29) is 0 Å². The monoisotopic (exact) mass is 238 g/mol. The summed E-state index contributed by atoms with van der Waals surface area (Å²) in [6, 6.07) is 0.637. The van der Waals surface area contributed by atoms with Crippen molar-refractivity contribution in [2.24, 2.45) is 0 Å². The molecule has 3 heterocycles. The standard InChI is InChI=1S/C11H18N4O2/c1-2-12-5-10-13-14-11(17-10)15-6-8-3-4-9(7-15)16-8/h8-9,12H,2-7H2,1H3. The van der Waals surface area contributed by atoms with Crippen LogP contribution < -0.4 is 10.2 Å². The van der Waals surface area contributed by atoms with Crippen molar-refractivity contribution in [3.05, 3.63) is 5.89 Å². The molecule has 0 aliphatic carbocycles. The van der Waals surface area contributed by atoms with E-state index in [0.29, 0.717) is 30.7 Å². The van der Waals surface area contributed by atoms with Gasteiger partial charge in [-0.1, -0.05) is 12.0 Å². The lowest BCUT2D eigenvalue weighted by Gasteiger charge is -2.30. The van der Waals surface area contributed by atoms with E-state index in [4.69, 9.17) is 9.15 Å². The summed E-state index contributed by atoms with van der Waals surface area (Å²) in [6.07, 6.45) is 3.00. The lowest BCUT2D eigenvalue weighted by molar-refractivity contribution is 0.0287. The van der Waals surface area contributed by atoms with Gasteiger partial charge in [0.05, 0.1) is 18.8 Å². The van der Waals surface area contributed by atoms with Crippen LogP contribution in [0.5, 0.6) is 0 Å². The molecule has 2 aliphatic rings. The van der Waals surface area contributed by atoms with E-state index < -0.39 is 0 Å². The summed E-state index contributed by atoms with van der Waals surface area (Å²) in [6.45, 7) is 5.34. The maximum atomic E-state index is 5.78. The first-order chi connectivity index (χ1) is 8.35. The summed E-state index contributed by atoms with van der Waals surface area (Å²) in [7, 11) is 0. The fraction of sp³-hybridized carbons (Fsp3) is 0.818. The summed E-state index contributed by atoms with van der Waals surface area (Å²) in [5.41, 5.74) is 0. The van der Waals surface area contributed by atoms with Crippen molar-refractivity contribution in [2.75, 3.05) is 24.5 Å². The summed E-state index contributed by atoms with van der Waals surface area (Å²) in [5.74, 6) is 0.653. The predicted molar refractivity (Wildman–Crippen MR) is 61.8 cm³/mol. The van der Waals surface area contributed by atoms with Crippen LogP contribution in [0.3, 0.4) is 0 Å². The first-order valence-electron chi connectivity index (χ1n) is 6.28. The molecule has 1 aromatic heterocycles. The third kappa shape index (κ3) is 2.28. The number of rotatable bonds is 4. The van der Waals surface area contributed by atoms with Crippen LogP contribution in [-0.2, 0) is 11.3 Å². The number of ether oxygens (including phenoxy) is 1. The number of hydrogen-bond acceptors (Lipinski definition) is 6. The van der Waals surface area contributed by atoms with Crippen molar-refractivity contribution in [1.82, 2.24) is 15.5 Å². The van der Waals surface area contributed by atoms with Crippen LogP contribution in [0.4, 0.5) is 6.01 Å². The van der Waals surface area contributed by atoms with E-state index in [0.717, 1.165) is 32.5 Å².